The van der Waals surface area contributed by atoms with Gasteiger partial charge >= 0.3 is 0 Å². The zero-order chi connectivity index (χ0) is 16.7. The van der Waals surface area contributed by atoms with Crippen LogP contribution in [0.2, 0.25) is 0 Å². The first-order chi connectivity index (χ1) is 11.1. The summed E-state index contributed by atoms with van der Waals surface area (Å²) < 4.78 is 5.72. The number of benzene rings is 2. The van der Waals surface area contributed by atoms with E-state index >= 15 is 0 Å². The smallest absolute Gasteiger partial charge is 0.273 e. The standard InChI is InChI=1S/C18H19NO4/c1-14(9-10-20)11-16-12-17(7-8-18(16)19(21)22)23-13-15-5-3-2-4-6-15/h2-9,12,20H,10-11,13H2,1H3. The number of rotatable bonds is 7. The van der Waals surface area contributed by atoms with Gasteiger partial charge in [0.15, 0.2) is 0 Å². The molecule has 120 valence electrons. The molecule has 23 heavy (non-hydrogen) atoms. The Balaban J connectivity index is 2.18. The van der Waals surface area contributed by atoms with E-state index in [0.717, 1.165) is 11.1 Å². The van der Waals surface area contributed by atoms with Crippen molar-refractivity contribution in [1.29, 1.82) is 0 Å². The number of aliphatic hydroxyl groups is 1. The molecule has 0 unspecified atom stereocenters. The van der Waals surface area contributed by atoms with Crippen molar-refractivity contribution in [3.05, 3.63) is 81.4 Å². The van der Waals surface area contributed by atoms with E-state index < -0.39 is 4.92 Å². The summed E-state index contributed by atoms with van der Waals surface area (Å²) >= 11 is 0. The molecule has 0 fully saturated rings. The quantitative estimate of drug-likeness (QED) is 0.481. The summed E-state index contributed by atoms with van der Waals surface area (Å²) in [7, 11) is 0. The van der Waals surface area contributed by atoms with E-state index in [1.165, 1.54) is 6.07 Å². The maximum absolute atomic E-state index is 11.1. The van der Waals surface area contributed by atoms with Crippen molar-refractivity contribution in [3.63, 3.8) is 0 Å². The van der Waals surface area contributed by atoms with Crippen molar-refractivity contribution in [1.82, 2.24) is 0 Å². The molecular formula is C18H19NO4. The van der Waals surface area contributed by atoms with Gasteiger partial charge in [-0.2, -0.15) is 0 Å². The molecule has 0 aliphatic carbocycles. The van der Waals surface area contributed by atoms with Crippen LogP contribution in [-0.4, -0.2) is 16.6 Å². The van der Waals surface area contributed by atoms with E-state index in [0.29, 0.717) is 24.3 Å². The van der Waals surface area contributed by atoms with Gasteiger partial charge in [-0.1, -0.05) is 42.0 Å². The first-order valence-electron chi connectivity index (χ1n) is 7.30. The predicted octanol–water partition coefficient (Wildman–Crippen LogP) is 3.65. The van der Waals surface area contributed by atoms with Crippen LogP contribution in [0.15, 0.2) is 60.2 Å². The lowest BCUT2D eigenvalue weighted by atomic mass is 10.0. The molecule has 2 rings (SSSR count). The lowest BCUT2D eigenvalue weighted by Gasteiger charge is -2.09. The third-order valence-corrected chi connectivity index (χ3v) is 3.41. The second kappa shape index (κ2) is 8.10. The second-order valence-corrected chi connectivity index (χ2v) is 5.23. The highest BCUT2D eigenvalue weighted by Crippen LogP contribution is 2.26. The van der Waals surface area contributed by atoms with Crippen LogP contribution in [-0.2, 0) is 13.0 Å². The zero-order valence-corrected chi connectivity index (χ0v) is 12.9. The summed E-state index contributed by atoms with van der Waals surface area (Å²) in [6, 6.07) is 14.5. The van der Waals surface area contributed by atoms with Gasteiger partial charge in [0.1, 0.15) is 12.4 Å². The zero-order valence-electron chi connectivity index (χ0n) is 12.9. The summed E-state index contributed by atoms with van der Waals surface area (Å²) in [4.78, 5) is 10.7. The van der Waals surface area contributed by atoms with E-state index in [9.17, 15) is 10.1 Å². The van der Waals surface area contributed by atoms with Gasteiger partial charge in [0.25, 0.3) is 5.69 Å². The molecule has 0 spiro atoms. The monoisotopic (exact) mass is 313 g/mol. The molecular weight excluding hydrogens is 294 g/mol. The molecule has 5 nitrogen and oxygen atoms in total. The van der Waals surface area contributed by atoms with Gasteiger partial charge < -0.3 is 9.84 Å². The molecule has 2 aromatic rings. The van der Waals surface area contributed by atoms with Crippen LogP contribution in [0, 0.1) is 10.1 Å². The molecule has 0 saturated carbocycles. The first kappa shape index (κ1) is 16.7. The lowest BCUT2D eigenvalue weighted by molar-refractivity contribution is -0.385. The van der Waals surface area contributed by atoms with Gasteiger partial charge in [0.05, 0.1) is 11.5 Å². The van der Waals surface area contributed by atoms with Crippen molar-refractivity contribution in [3.8, 4) is 5.75 Å². The molecule has 0 saturated heterocycles. The average Bonchev–Trinajstić information content (AvgIpc) is 2.54. The first-order valence-corrected chi connectivity index (χ1v) is 7.30. The van der Waals surface area contributed by atoms with Crippen LogP contribution >= 0.6 is 0 Å². The Bertz CT molecular complexity index is 695. The fourth-order valence-corrected chi connectivity index (χ4v) is 2.24. The average molecular weight is 313 g/mol. The SMILES string of the molecule is CC(=CCO)Cc1cc(OCc2ccccc2)ccc1[N+](=O)[O-]. The highest BCUT2D eigenvalue weighted by Gasteiger charge is 2.15. The Morgan fingerprint density at radius 3 is 2.65 bits per heavy atom. The van der Waals surface area contributed by atoms with Crippen LogP contribution in [0.4, 0.5) is 5.69 Å². The van der Waals surface area contributed by atoms with Crippen LogP contribution < -0.4 is 4.74 Å². The molecule has 0 radical (unpaired) electrons. The number of hydrogen-bond donors (Lipinski definition) is 1. The molecule has 2 aromatic carbocycles. The maximum atomic E-state index is 11.1. The summed E-state index contributed by atoms with van der Waals surface area (Å²) in [5.41, 5.74) is 2.53. The van der Waals surface area contributed by atoms with Crippen LogP contribution in [0.1, 0.15) is 18.1 Å². The van der Waals surface area contributed by atoms with E-state index in [1.54, 1.807) is 18.2 Å². The molecule has 0 heterocycles. The van der Waals surface area contributed by atoms with Crippen molar-refractivity contribution in [2.24, 2.45) is 0 Å². The molecule has 0 amide bonds. The molecule has 0 aliphatic rings. The van der Waals surface area contributed by atoms with E-state index in [4.69, 9.17) is 9.84 Å². The summed E-state index contributed by atoms with van der Waals surface area (Å²) in [6.45, 7) is 2.16. The third-order valence-electron chi connectivity index (χ3n) is 3.41. The summed E-state index contributed by atoms with van der Waals surface area (Å²) in [6.07, 6.45) is 2.04. The topological polar surface area (TPSA) is 72.6 Å². The maximum Gasteiger partial charge on any atom is 0.273 e. The van der Waals surface area contributed by atoms with Gasteiger partial charge in [-0.25, -0.2) is 0 Å². The fourth-order valence-electron chi connectivity index (χ4n) is 2.24. The second-order valence-electron chi connectivity index (χ2n) is 5.23. The van der Waals surface area contributed by atoms with Gasteiger partial charge in [0, 0.05) is 18.1 Å². The predicted molar refractivity (Wildman–Crippen MR) is 88.4 cm³/mol. The number of ether oxygens (including phenoxy) is 1. The largest absolute Gasteiger partial charge is 0.489 e. The number of hydrogen-bond acceptors (Lipinski definition) is 4. The van der Waals surface area contributed by atoms with Crippen molar-refractivity contribution in [2.75, 3.05) is 6.61 Å². The van der Waals surface area contributed by atoms with Gasteiger partial charge in [-0.05, 0) is 24.6 Å². The molecule has 5 heteroatoms. The number of aliphatic hydroxyl groups excluding tert-OH is 1. The fraction of sp³-hybridized carbons (Fsp3) is 0.222. The number of nitrogens with zero attached hydrogens (tertiary/aromatic N) is 1. The Kier molecular flexibility index (Phi) is 5.88. The van der Waals surface area contributed by atoms with Gasteiger partial charge in [-0.3, -0.25) is 10.1 Å². The highest BCUT2D eigenvalue weighted by atomic mass is 16.6. The molecule has 0 bridgehead atoms. The van der Waals surface area contributed by atoms with E-state index in [-0.39, 0.29) is 12.3 Å². The van der Waals surface area contributed by atoms with E-state index in [2.05, 4.69) is 0 Å². The minimum absolute atomic E-state index is 0.0581. The minimum Gasteiger partial charge on any atom is -0.489 e. The normalized spacial score (nSPS) is 11.3. The van der Waals surface area contributed by atoms with Crippen LogP contribution in [0.3, 0.4) is 0 Å². The number of nitro benzene ring substituents is 1. The molecule has 1 N–H and O–H groups in total. The molecule has 0 aliphatic heterocycles. The highest BCUT2D eigenvalue weighted by molar-refractivity contribution is 5.47. The van der Waals surface area contributed by atoms with E-state index in [1.807, 2.05) is 37.3 Å². The Labute approximate surface area is 135 Å². The molecule has 0 aromatic heterocycles. The van der Waals surface area contributed by atoms with Crippen molar-refractivity contribution in [2.45, 2.75) is 20.0 Å². The third kappa shape index (κ3) is 4.93. The Hall–Kier alpha value is -2.66. The Morgan fingerprint density at radius 1 is 1.26 bits per heavy atom. The van der Waals surface area contributed by atoms with Gasteiger partial charge in [0.2, 0.25) is 0 Å². The Morgan fingerprint density at radius 2 is 2.00 bits per heavy atom. The molecule has 0 atom stereocenters. The number of allylic oxidation sites excluding steroid dienone is 1. The van der Waals surface area contributed by atoms with Crippen molar-refractivity contribution >= 4 is 5.69 Å². The minimum atomic E-state index is -0.400. The lowest BCUT2D eigenvalue weighted by Crippen LogP contribution is -2.00. The van der Waals surface area contributed by atoms with Crippen molar-refractivity contribution < 1.29 is 14.8 Å². The van der Waals surface area contributed by atoms with Crippen LogP contribution in [0.5, 0.6) is 5.75 Å². The summed E-state index contributed by atoms with van der Waals surface area (Å²) in [5.74, 6) is 0.589. The summed E-state index contributed by atoms with van der Waals surface area (Å²) in [5, 5.41) is 20.1. The number of nitro groups is 1. The van der Waals surface area contributed by atoms with Gasteiger partial charge in [-0.15, -0.1) is 0 Å². The van der Waals surface area contributed by atoms with Crippen LogP contribution in [0.25, 0.3) is 0 Å².